The molecule has 0 saturated heterocycles. The first-order valence-corrected chi connectivity index (χ1v) is 13.2. The summed E-state index contributed by atoms with van der Waals surface area (Å²) in [5, 5.41) is 0. The molecular weight excluding hydrogens is 492 g/mol. The van der Waals surface area contributed by atoms with Crippen molar-refractivity contribution in [3.05, 3.63) is 89.5 Å². The summed E-state index contributed by atoms with van der Waals surface area (Å²) in [6, 6.07) is 21.2. The Bertz CT molecular complexity index is 986. The number of carbonyl (C=O) groups is 3. The quantitative estimate of drug-likeness (QED) is 0.291. The molecule has 3 rings (SSSR count). The van der Waals surface area contributed by atoms with E-state index < -0.39 is 0 Å². The Morgan fingerprint density at radius 1 is 0.436 bits per heavy atom. The van der Waals surface area contributed by atoms with Crippen molar-refractivity contribution in [2.45, 2.75) is 62.3 Å². The van der Waals surface area contributed by atoms with E-state index in [0.717, 1.165) is 17.2 Å². The van der Waals surface area contributed by atoms with Gasteiger partial charge in [0.1, 0.15) is 17.2 Å². The molecule has 0 fully saturated rings. The fourth-order valence-electron chi connectivity index (χ4n) is 2.49. The van der Waals surface area contributed by atoms with Crippen molar-refractivity contribution in [1.82, 2.24) is 0 Å². The third kappa shape index (κ3) is 18.0. The van der Waals surface area contributed by atoms with Crippen molar-refractivity contribution in [3.63, 3.8) is 0 Å². The van der Waals surface area contributed by atoms with E-state index in [9.17, 15) is 14.4 Å². The molecule has 0 N–H and O–H groups in total. The predicted molar refractivity (Wildman–Crippen MR) is 163 cm³/mol. The summed E-state index contributed by atoms with van der Waals surface area (Å²) in [4.78, 5) is 32.6. The Labute approximate surface area is 236 Å². The highest BCUT2D eigenvalue weighted by Gasteiger charge is 2.02. The summed E-state index contributed by atoms with van der Waals surface area (Å²) in [7, 11) is 4.88. The molecule has 0 atom stereocenters. The maximum Gasteiger partial charge on any atom is 0.159 e. The summed E-state index contributed by atoms with van der Waals surface area (Å²) < 4.78 is 14.9. The summed E-state index contributed by atoms with van der Waals surface area (Å²) in [6.07, 6.45) is 0. The summed E-state index contributed by atoms with van der Waals surface area (Å²) in [6.45, 7) is 16.5. The second-order valence-corrected chi connectivity index (χ2v) is 6.86. The minimum atomic E-state index is -0.0156. The van der Waals surface area contributed by atoms with E-state index in [-0.39, 0.29) is 17.3 Å². The molecule has 0 heterocycles. The monoisotopic (exact) mass is 540 g/mol. The van der Waals surface area contributed by atoms with Gasteiger partial charge >= 0.3 is 0 Å². The highest BCUT2D eigenvalue weighted by Crippen LogP contribution is 2.16. The van der Waals surface area contributed by atoms with E-state index in [2.05, 4.69) is 0 Å². The third-order valence-corrected chi connectivity index (χ3v) is 4.47. The van der Waals surface area contributed by atoms with Crippen molar-refractivity contribution in [2.75, 3.05) is 21.3 Å². The Kier molecular flexibility index (Phi) is 26.1. The lowest BCUT2D eigenvalue weighted by atomic mass is 10.1. The first-order chi connectivity index (χ1) is 18.7. The van der Waals surface area contributed by atoms with Crippen LogP contribution in [-0.2, 0) is 0 Å². The molecule has 3 aromatic rings. The molecule has 0 radical (unpaired) electrons. The number of Topliss-reactive ketones (excluding diaryl/α,β-unsaturated/α-hetero) is 3. The topological polar surface area (TPSA) is 78.9 Å². The van der Waals surface area contributed by atoms with Crippen LogP contribution in [0.2, 0.25) is 0 Å². The molecule has 39 heavy (non-hydrogen) atoms. The van der Waals surface area contributed by atoms with Crippen LogP contribution in [0.25, 0.3) is 0 Å². The fourth-order valence-corrected chi connectivity index (χ4v) is 2.49. The largest absolute Gasteiger partial charge is 0.497 e. The molecule has 0 spiro atoms. The fraction of sp³-hybridized carbons (Fsp3) is 0.364. The van der Waals surface area contributed by atoms with Gasteiger partial charge in [-0.15, -0.1) is 0 Å². The number of benzene rings is 3. The highest BCUT2D eigenvalue weighted by molar-refractivity contribution is 5.99. The van der Waals surface area contributed by atoms with Crippen molar-refractivity contribution >= 4 is 17.3 Å². The normalized spacial score (nSPS) is 8.31. The van der Waals surface area contributed by atoms with E-state index in [1.165, 1.54) is 13.8 Å². The van der Waals surface area contributed by atoms with E-state index in [1.54, 1.807) is 76.8 Å². The zero-order valence-electron chi connectivity index (χ0n) is 25.9. The zero-order valence-corrected chi connectivity index (χ0v) is 25.9. The number of hydrogen-bond donors (Lipinski definition) is 0. The van der Waals surface area contributed by atoms with Gasteiger partial charge < -0.3 is 14.2 Å². The smallest absolute Gasteiger partial charge is 0.159 e. The molecule has 0 aliphatic carbocycles. The van der Waals surface area contributed by atoms with Crippen molar-refractivity contribution in [3.8, 4) is 17.2 Å². The Morgan fingerprint density at radius 2 is 0.692 bits per heavy atom. The number of hydrogen-bond acceptors (Lipinski definition) is 6. The molecular formula is C33H48O6. The molecule has 0 unspecified atom stereocenters. The van der Waals surface area contributed by atoms with E-state index in [4.69, 9.17) is 14.2 Å². The molecule has 6 nitrogen and oxygen atoms in total. The Hall–Kier alpha value is -3.93. The van der Waals surface area contributed by atoms with Gasteiger partial charge in [-0.3, -0.25) is 14.4 Å². The molecule has 0 saturated carbocycles. The molecule has 216 valence electrons. The summed E-state index contributed by atoms with van der Waals surface area (Å²) in [5.74, 6) is 2.51. The average Bonchev–Trinajstić information content (AvgIpc) is 3.01. The van der Waals surface area contributed by atoms with E-state index in [1.807, 2.05) is 65.8 Å². The first-order valence-electron chi connectivity index (χ1n) is 13.2. The van der Waals surface area contributed by atoms with Gasteiger partial charge in [0, 0.05) is 16.7 Å². The Balaban J connectivity index is -0.000000455. The average molecular weight is 541 g/mol. The van der Waals surface area contributed by atoms with Gasteiger partial charge in [-0.05, 0) is 75.4 Å². The minimum absolute atomic E-state index is 0.0156. The third-order valence-electron chi connectivity index (χ3n) is 4.47. The van der Waals surface area contributed by atoms with Gasteiger partial charge in [0.05, 0.1) is 21.3 Å². The van der Waals surface area contributed by atoms with Gasteiger partial charge in [-0.2, -0.15) is 0 Å². The number of methoxy groups -OCH3 is 3. The zero-order chi connectivity index (χ0) is 30.8. The highest BCUT2D eigenvalue weighted by atomic mass is 16.5. The SMILES string of the molecule is CC.CC.CC.CC(=O)c1cccc(C(C)=O)c1.COc1ccc(C(C)=O)cc1.COc1ccc(OC)cc1. The van der Waals surface area contributed by atoms with Crippen molar-refractivity contribution in [1.29, 1.82) is 0 Å². The molecule has 0 aromatic heterocycles. The second kappa shape index (κ2) is 25.7. The van der Waals surface area contributed by atoms with Crippen LogP contribution < -0.4 is 14.2 Å². The summed E-state index contributed by atoms with van der Waals surface area (Å²) in [5.41, 5.74) is 1.89. The lowest BCUT2D eigenvalue weighted by Crippen LogP contribution is -1.96. The lowest BCUT2D eigenvalue weighted by molar-refractivity contribution is 0.100. The molecule has 0 aliphatic rings. The van der Waals surface area contributed by atoms with Gasteiger partial charge in [-0.1, -0.05) is 59.7 Å². The lowest BCUT2D eigenvalue weighted by Gasteiger charge is -2.00. The molecule has 0 amide bonds. The maximum absolute atomic E-state index is 10.9. The van der Waals surface area contributed by atoms with Gasteiger partial charge in [0.15, 0.2) is 17.3 Å². The number of ether oxygens (including phenoxy) is 3. The molecule has 3 aromatic carbocycles. The molecule has 0 aliphatic heterocycles. The van der Waals surface area contributed by atoms with E-state index >= 15 is 0 Å². The van der Waals surface area contributed by atoms with Crippen LogP contribution in [0.1, 0.15) is 93.4 Å². The molecule has 0 bridgehead atoms. The molecule has 6 heteroatoms. The predicted octanol–water partition coefficient (Wildman–Crippen LogP) is 8.77. The first kappa shape index (κ1) is 39.6. The van der Waals surface area contributed by atoms with Crippen LogP contribution >= 0.6 is 0 Å². The van der Waals surface area contributed by atoms with Crippen LogP contribution in [0, 0.1) is 0 Å². The minimum Gasteiger partial charge on any atom is -0.497 e. The Morgan fingerprint density at radius 3 is 0.923 bits per heavy atom. The van der Waals surface area contributed by atoms with Crippen molar-refractivity contribution in [2.24, 2.45) is 0 Å². The number of ketones is 3. The van der Waals surface area contributed by atoms with Crippen LogP contribution in [0.3, 0.4) is 0 Å². The standard InChI is InChI=1S/C10H10O2.C9H10O2.C8H10O2.3C2H6/c1-7(11)9-4-3-5-10(6-9)8(2)12;1-7(10)8-3-5-9(11-2)6-4-8;1-9-7-3-5-8(10-2)6-4-7;3*1-2/h3-6H,1-2H3;3-6H,1-2H3;3-6H,1-2H3;3*1-2H3. The van der Waals surface area contributed by atoms with Crippen molar-refractivity contribution < 1.29 is 28.6 Å². The van der Waals surface area contributed by atoms with E-state index in [0.29, 0.717) is 16.7 Å². The van der Waals surface area contributed by atoms with Crippen LogP contribution in [-0.4, -0.2) is 38.7 Å². The van der Waals surface area contributed by atoms with Crippen LogP contribution in [0.5, 0.6) is 17.2 Å². The number of carbonyl (C=O) groups excluding carboxylic acids is 3. The van der Waals surface area contributed by atoms with Crippen LogP contribution in [0.4, 0.5) is 0 Å². The second-order valence-electron chi connectivity index (χ2n) is 6.86. The van der Waals surface area contributed by atoms with Gasteiger partial charge in [0.2, 0.25) is 0 Å². The maximum atomic E-state index is 10.9. The number of rotatable bonds is 6. The van der Waals surface area contributed by atoms with Gasteiger partial charge in [0.25, 0.3) is 0 Å². The summed E-state index contributed by atoms with van der Waals surface area (Å²) >= 11 is 0. The van der Waals surface area contributed by atoms with Gasteiger partial charge in [-0.25, -0.2) is 0 Å². The van der Waals surface area contributed by atoms with Crippen LogP contribution in [0.15, 0.2) is 72.8 Å².